The molecule has 2 aliphatic rings. The highest BCUT2D eigenvalue weighted by Gasteiger charge is 2.29. The normalized spacial score (nSPS) is 18.2. The summed E-state index contributed by atoms with van der Waals surface area (Å²) in [6, 6.07) is 10.0. The molecule has 0 amide bonds. The third kappa shape index (κ3) is 3.15. The second kappa shape index (κ2) is 6.58. The van der Waals surface area contributed by atoms with E-state index in [0.29, 0.717) is 24.6 Å². The first-order chi connectivity index (χ1) is 11.6. The van der Waals surface area contributed by atoms with Gasteiger partial charge < -0.3 is 4.42 Å². The van der Waals surface area contributed by atoms with Crippen LogP contribution in [0.25, 0.3) is 0 Å². The van der Waals surface area contributed by atoms with Gasteiger partial charge in [0.1, 0.15) is 5.76 Å². The molecule has 1 fully saturated rings. The van der Waals surface area contributed by atoms with E-state index >= 15 is 0 Å². The van der Waals surface area contributed by atoms with Crippen molar-refractivity contribution in [1.29, 1.82) is 0 Å². The van der Waals surface area contributed by atoms with Crippen molar-refractivity contribution in [2.45, 2.75) is 47.8 Å². The van der Waals surface area contributed by atoms with Gasteiger partial charge in [0.05, 0.1) is 5.75 Å². The summed E-state index contributed by atoms with van der Waals surface area (Å²) in [5, 5.41) is 0.0777. The molecule has 1 aromatic carbocycles. The molecule has 0 unspecified atom stereocenters. The minimum Gasteiger partial charge on any atom is -0.447 e. The average Bonchev–Trinajstić information content (AvgIpc) is 3.33. The van der Waals surface area contributed by atoms with Crippen LogP contribution in [0.15, 0.2) is 44.7 Å². The van der Waals surface area contributed by atoms with Crippen molar-refractivity contribution in [2.24, 2.45) is 0 Å². The van der Waals surface area contributed by atoms with Crippen molar-refractivity contribution in [3.05, 3.63) is 47.2 Å². The van der Waals surface area contributed by atoms with Crippen LogP contribution in [0.2, 0.25) is 0 Å². The second-order valence-electron chi connectivity index (χ2n) is 6.40. The Morgan fingerprint density at radius 1 is 1.00 bits per heavy atom. The van der Waals surface area contributed by atoms with Crippen molar-refractivity contribution in [3.63, 3.8) is 0 Å². The van der Waals surface area contributed by atoms with Crippen LogP contribution >= 0.6 is 11.8 Å². The first-order valence-corrected chi connectivity index (χ1v) is 10.9. The van der Waals surface area contributed by atoms with Crippen LogP contribution < -0.4 is 0 Å². The topological polar surface area (TPSA) is 50.5 Å². The Bertz CT molecular complexity index is 836. The Kier molecular flexibility index (Phi) is 4.45. The van der Waals surface area contributed by atoms with Gasteiger partial charge in [-0.25, -0.2) is 8.42 Å². The molecule has 0 spiro atoms. The number of hydrogen-bond donors (Lipinski definition) is 0. The van der Waals surface area contributed by atoms with E-state index in [0.717, 1.165) is 12.8 Å². The molecule has 1 saturated heterocycles. The largest absolute Gasteiger partial charge is 0.447 e. The van der Waals surface area contributed by atoms with Gasteiger partial charge in [-0.2, -0.15) is 4.31 Å². The zero-order valence-electron chi connectivity index (χ0n) is 13.5. The van der Waals surface area contributed by atoms with Crippen LogP contribution in [0.4, 0.5) is 0 Å². The molecule has 2 aromatic rings. The summed E-state index contributed by atoms with van der Waals surface area (Å²) in [5.74, 6) is 1.35. The van der Waals surface area contributed by atoms with E-state index in [2.05, 4.69) is 18.2 Å². The van der Waals surface area contributed by atoms with Crippen molar-refractivity contribution < 1.29 is 12.8 Å². The second-order valence-corrected chi connectivity index (χ2v) is 9.32. The summed E-state index contributed by atoms with van der Waals surface area (Å²) in [5.41, 5.74) is 2.92. The molecule has 0 saturated carbocycles. The molecule has 1 aromatic heterocycles. The Labute approximate surface area is 147 Å². The highest BCUT2D eigenvalue weighted by molar-refractivity contribution is 7.98. The number of furan rings is 1. The van der Waals surface area contributed by atoms with Gasteiger partial charge in [0.25, 0.3) is 10.0 Å². The average molecular weight is 364 g/mol. The minimum absolute atomic E-state index is 0.0777. The molecule has 24 heavy (non-hydrogen) atoms. The van der Waals surface area contributed by atoms with Gasteiger partial charge in [-0.1, -0.05) is 6.07 Å². The number of benzene rings is 1. The predicted octanol–water partition coefficient (Wildman–Crippen LogP) is 3.85. The van der Waals surface area contributed by atoms with Gasteiger partial charge in [0.15, 0.2) is 0 Å². The van der Waals surface area contributed by atoms with Crippen molar-refractivity contribution in [2.75, 3.05) is 13.1 Å². The molecular formula is C18H21NO3S2. The third-order valence-corrected chi connectivity index (χ3v) is 7.54. The summed E-state index contributed by atoms with van der Waals surface area (Å²) >= 11 is 1.69. The number of nitrogens with zero attached hydrogens (tertiary/aromatic N) is 1. The summed E-state index contributed by atoms with van der Waals surface area (Å²) in [6.07, 6.45) is 5.47. The highest BCUT2D eigenvalue weighted by Crippen LogP contribution is 2.30. The van der Waals surface area contributed by atoms with E-state index in [1.165, 1.54) is 39.6 Å². The summed E-state index contributed by atoms with van der Waals surface area (Å²) in [7, 11) is -3.45. The monoisotopic (exact) mass is 363 g/mol. The molecule has 128 valence electrons. The molecule has 6 heteroatoms. The fourth-order valence-electron chi connectivity index (χ4n) is 3.42. The van der Waals surface area contributed by atoms with Crippen LogP contribution in [0, 0.1) is 0 Å². The van der Waals surface area contributed by atoms with Crippen LogP contribution in [-0.4, -0.2) is 25.8 Å². The smallest absolute Gasteiger partial charge is 0.276 e. The van der Waals surface area contributed by atoms with Gasteiger partial charge >= 0.3 is 0 Å². The van der Waals surface area contributed by atoms with E-state index < -0.39 is 10.0 Å². The molecule has 4 nitrogen and oxygen atoms in total. The Morgan fingerprint density at radius 3 is 2.62 bits per heavy atom. The number of thioether (sulfide) groups is 1. The molecule has 0 bridgehead atoms. The lowest BCUT2D eigenvalue weighted by molar-refractivity contribution is 0.397. The fraction of sp³-hybridized carbons (Fsp3) is 0.444. The number of aryl methyl sites for hydroxylation is 2. The molecule has 2 heterocycles. The maximum atomic E-state index is 12.5. The predicted molar refractivity (Wildman–Crippen MR) is 94.7 cm³/mol. The van der Waals surface area contributed by atoms with Gasteiger partial charge in [0.2, 0.25) is 5.09 Å². The van der Waals surface area contributed by atoms with E-state index in [-0.39, 0.29) is 5.09 Å². The Balaban J connectivity index is 1.44. The fourth-order valence-corrected chi connectivity index (χ4v) is 5.72. The molecule has 0 N–H and O–H groups in total. The standard InChI is InChI=1S/C18H21NO3S2/c20-24(21,19-10-1-2-11-19)18-9-7-16(22-18)13-23-17-8-6-14-4-3-5-15(14)12-17/h6-9,12H,1-5,10-11,13H2. The molecule has 0 radical (unpaired) electrons. The summed E-state index contributed by atoms with van der Waals surface area (Å²) in [4.78, 5) is 1.22. The van der Waals surface area contributed by atoms with Crippen LogP contribution in [-0.2, 0) is 28.6 Å². The molecular weight excluding hydrogens is 342 g/mol. The molecule has 1 aliphatic carbocycles. The first kappa shape index (κ1) is 16.2. The van der Waals surface area contributed by atoms with Gasteiger partial charge in [-0.3, -0.25) is 0 Å². The van der Waals surface area contributed by atoms with Crippen molar-refractivity contribution in [1.82, 2.24) is 4.31 Å². The maximum absolute atomic E-state index is 12.5. The minimum atomic E-state index is -3.45. The van der Waals surface area contributed by atoms with E-state index in [1.807, 2.05) is 0 Å². The number of fused-ring (bicyclic) bond motifs is 1. The van der Waals surface area contributed by atoms with Crippen LogP contribution in [0.1, 0.15) is 36.1 Å². The Hall–Kier alpha value is -1.24. The lowest BCUT2D eigenvalue weighted by Gasteiger charge is -2.12. The number of hydrogen-bond acceptors (Lipinski definition) is 4. The SMILES string of the molecule is O=S(=O)(c1ccc(CSc2ccc3c(c2)CCC3)o1)N1CCCC1. The van der Waals surface area contributed by atoms with Crippen LogP contribution in [0.3, 0.4) is 0 Å². The quantitative estimate of drug-likeness (QED) is 0.757. The lowest BCUT2D eigenvalue weighted by Crippen LogP contribution is -2.27. The lowest BCUT2D eigenvalue weighted by atomic mass is 10.1. The molecule has 4 rings (SSSR count). The van der Waals surface area contributed by atoms with E-state index in [4.69, 9.17) is 4.42 Å². The molecule has 1 aliphatic heterocycles. The van der Waals surface area contributed by atoms with Gasteiger partial charge in [-0.05, 0) is 67.5 Å². The van der Waals surface area contributed by atoms with Gasteiger partial charge in [0, 0.05) is 18.0 Å². The third-order valence-electron chi connectivity index (χ3n) is 4.75. The first-order valence-electron chi connectivity index (χ1n) is 8.46. The van der Waals surface area contributed by atoms with Crippen LogP contribution in [0.5, 0.6) is 0 Å². The van der Waals surface area contributed by atoms with Crippen molar-refractivity contribution >= 4 is 21.8 Å². The van der Waals surface area contributed by atoms with E-state index in [1.54, 1.807) is 23.9 Å². The maximum Gasteiger partial charge on any atom is 0.276 e. The van der Waals surface area contributed by atoms with Gasteiger partial charge in [-0.15, -0.1) is 11.8 Å². The molecule has 0 atom stereocenters. The number of rotatable bonds is 5. The van der Waals surface area contributed by atoms with Crippen molar-refractivity contribution in [3.8, 4) is 0 Å². The zero-order valence-corrected chi connectivity index (χ0v) is 15.2. The summed E-state index contributed by atoms with van der Waals surface area (Å²) in [6.45, 7) is 1.20. The van der Waals surface area contributed by atoms with E-state index in [9.17, 15) is 8.42 Å². The Morgan fingerprint density at radius 2 is 1.79 bits per heavy atom. The highest BCUT2D eigenvalue weighted by atomic mass is 32.2. The zero-order chi connectivity index (χ0) is 16.6. The summed E-state index contributed by atoms with van der Waals surface area (Å²) < 4.78 is 32.1. The number of sulfonamides is 1.